The van der Waals surface area contributed by atoms with Crippen molar-refractivity contribution < 1.29 is 0 Å². The molecule has 102 valence electrons. The van der Waals surface area contributed by atoms with E-state index in [0.29, 0.717) is 5.95 Å². The van der Waals surface area contributed by atoms with E-state index in [1.165, 1.54) is 24.1 Å². The van der Waals surface area contributed by atoms with Crippen LogP contribution in [0.15, 0.2) is 6.07 Å². The number of rotatable bonds is 2. The lowest BCUT2D eigenvalue weighted by molar-refractivity contribution is 0.394. The van der Waals surface area contributed by atoms with E-state index in [-0.39, 0.29) is 0 Å². The molecule has 5 heteroatoms. The average Bonchev–Trinajstić information content (AvgIpc) is 2.78. The highest BCUT2D eigenvalue weighted by molar-refractivity contribution is 7.18. The number of aromatic nitrogens is 2. The van der Waals surface area contributed by atoms with E-state index in [1.807, 2.05) is 0 Å². The smallest absolute Gasteiger partial charge is 0.223 e. The van der Waals surface area contributed by atoms with Gasteiger partial charge in [0.25, 0.3) is 0 Å². The second kappa shape index (κ2) is 4.96. The second-order valence-corrected chi connectivity index (χ2v) is 6.55. The molecule has 4 nitrogen and oxygen atoms in total. The average molecular weight is 276 g/mol. The standard InChI is InChI=1S/C14H20N4S/c1-3-10-4-6-18(7-5-10)12-11-8-9(2)19-13(11)17-14(15)16-12/h8,10H,3-7H2,1-2H3,(H2,15,16,17). The summed E-state index contributed by atoms with van der Waals surface area (Å²) in [5.74, 6) is 2.29. The highest BCUT2D eigenvalue weighted by Gasteiger charge is 2.21. The number of thiophene rings is 1. The van der Waals surface area contributed by atoms with Crippen LogP contribution in [0.1, 0.15) is 31.1 Å². The minimum absolute atomic E-state index is 0.391. The van der Waals surface area contributed by atoms with Crippen LogP contribution in [-0.2, 0) is 0 Å². The maximum Gasteiger partial charge on any atom is 0.223 e. The van der Waals surface area contributed by atoms with E-state index in [4.69, 9.17) is 5.73 Å². The molecule has 19 heavy (non-hydrogen) atoms. The zero-order valence-corrected chi connectivity index (χ0v) is 12.3. The number of fused-ring (bicyclic) bond motifs is 1. The van der Waals surface area contributed by atoms with Crippen molar-refractivity contribution in [1.29, 1.82) is 0 Å². The Morgan fingerprint density at radius 2 is 2.11 bits per heavy atom. The first-order valence-corrected chi connectivity index (χ1v) is 7.77. The highest BCUT2D eigenvalue weighted by atomic mass is 32.1. The lowest BCUT2D eigenvalue weighted by Gasteiger charge is -2.32. The van der Waals surface area contributed by atoms with Gasteiger partial charge in [-0.25, -0.2) is 4.98 Å². The third-order valence-electron chi connectivity index (χ3n) is 4.00. The zero-order valence-electron chi connectivity index (χ0n) is 11.5. The zero-order chi connectivity index (χ0) is 13.4. The van der Waals surface area contributed by atoms with Gasteiger partial charge >= 0.3 is 0 Å². The van der Waals surface area contributed by atoms with Crippen LogP contribution >= 0.6 is 11.3 Å². The van der Waals surface area contributed by atoms with E-state index in [9.17, 15) is 0 Å². The van der Waals surface area contributed by atoms with Gasteiger partial charge in [-0.3, -0.25) is 0 Å². The SMILES string of the molecule is CCC1CCN(c2nc(N)nc3sc(C)cc23)CC1. The van der Waals surface area contributed by atoms with Crippen LogP contribution in [0.5, 0.6) is 0 Å². The van der Waals surface area contributed by atoms with E-state index < -0.39 is 0 Å². The van der Waals surface area contributed by atoms with Gasteiger partial charge < -0.3 is 10.6 Å². The number of nitrogens with zero attached hydrogens (tertiary/aromatic N) is 3. The molecule has 3 rings (SSSR count). The lowest BCUT2D eigenvalue weighted by Crippen LogP contribution is -2.34. The van der Waals surface area contributed by atoms with Crippen molar-refractivity contribution in [2.75, 3.05) is 23.7 Å². The van der Waals surface area contributed by atoms with Crippen LogP contribution in [0.2, 0.25) is 0 Å². The normalized spacial score (nSPS) is 17.3. The van der Waals surface area contributed by atoms with Gasteiger partial charge in [0, 0.05) is 18.0 Å². The van der Waals surface area contributed by atoms with Gasteiger partial charge in [0.2, 0.25) is 5.95 Å². The third-order valence-corrected chi connectivity index (χ3v) is 4.95. The van der Waals surface area contributed by atoms with Crippen LogP contribution in [0, 0.1) is 12.8 Å². The van der Waals surface area contributed by atoms with Gasteiger partial charge in [0.15, 0.2) is 0 Å². The molecule has 0 aromatic carbocycles. The van der Waals surface area contributed by atoms with E-state index >= 15 is 0 Å². The highest BCUT2D eigenvalue weighted by Crippen LogP contribution is 2.33. The number of aryl methyl sites for hydroxylation is 1. The molecule has 1 aliphatic rings. The summed E-state index contributed by atoms with van der Waals surface area (Å²) in [6.45, 7) is 6.55. The fourth-order valence-electron chi connectivity index (χ4n) is 2.84. The fourth-order valence-corrected chi connectivity index (χ4v) is 3.72. The fraction of sp³-hybridized carbons (Fsp3) is 0.571. The number of hydrogen-bond acceptors (Lipinski definition) is 5. The summed E-state index contributed by atoms with van der Waals surface area (Å²) < 4.78 is 0. The first-order valence-electron chi connectivity index (χ1n) is 6.96. The molecule has 0 unspecified atom stereocenters. The molecule has 2 aromatic rings. The van der Waals surface area contributed by atoms with E-state index in [1.54, 1.807) is 11.3 Å². The molecule has 3 heterocycles. The van der Waals surface area contributed by atoms with E-state index in [0.717, 1.165) is 35.0 Å². The van der Waals surface area contributed by atoms with Crippen LogP contribution in [0.4, 0.5) is 11.8 Å². The molecule has 1 saturated heterocycles. The molecule has 1 fully saturated rings. The van der Waals surface area contributed by atoms with Crippen LogP contribution in [0.25, 0.3) is 10.2 Å². The second-order valence-electron chi connectivity index (χ2n) is 5.32. The van der Waals surface area contributed by atoms with Crippen LogP contribution < -0.4 is 10.6 Å². The minimum atomic E-state index is 0.391. The van der Waals surface area contributed by atoms with Crippen molar-refractivity contribution in [3.8, 4) is 0 Å². The summed E-state index contributed by atoms with van der Waals surface area (Å²) >= 11 is 1.69. The van der Waals surface area contributed by atoms with Gasteiger partial charge in [-0.05, 0) is 31.7 Å². The molecular formula is C14H20N4S. The molecule has 0 bridgehead atoms. The summed E-state index contributed by atoms with van der Waals surface area (Å²) in [6.07, 6.45) is 3.79. The van der Waals surface area contributed by atoms with Gasteiger partial charge in [0.05, 0.1) is 5.39 Å². The minimum Gasteiger partial charge on any atom is -0.368 e. The summed E-state index contributed by atoms with van der Waals surface area (Å²) in [5, 5.41) is 1.16. The van der Waals surface area contributed by atoms with Crippen molar-refractivity contribution in [2.24, 2.45) is 5.92 Å². The van der Waals surface area contributed by atoms with E-state index in [2.05, 4.69) is 34.8 Å². The summed E-state index contributed by atoms with van der Waals surface area (Å²) in [5.41, 5.74) is 5.85. The molecule has 0 saturated carbocycles. The molecule has 2 N–H and O–H groups in total. The van der Waals surface area contributed by atoms with Gasteiger partial charge in [-0.1, -0.05) is 13.3 Å². The number of nitrogens with two attached hydrogens (primary N) is 1. The predicted octanol–water partition coefficient (Wildman–Crippen LogP) is 3.21. The maximum absolute atomic E-state index is 5.85. The quantitative estimate of drug-likeness (QED) is 0.915. The van der Waals surface area contributed by atoms with Crippen LogP contribution in [0.3, 0.4) is 0 Å². The Morgan fingerprint density at radius 1 is 1.37 bits per heavy atom. The summed E-state index contributed by atoms with van der Waals surface area (Å²) in [6, 6.07) is 2.18. The third kappa shape index (κ3) is 2.39. The monoisotopic (exact) mass is 276 g/mol. The van der Waals surface area contributed by atoms with Crippen molar-refractivity contribution in [2.45, 2.75) is 33.1 Å². The van der Waals surface area contributed by atoms with Crippen molar-refractivity contribution in [1.82, 2.24) is 9.97 Å². The summed E-state index contributed by atoms with van der Waals surface area (Å²) in [4.78, 5) is 13.5. The molecule has 2 aromatic heterocycles. The largest absolute Gasteiger partial charge is 0.368 e. The predicted molar refractivity (Wildman–Crippen MR) is 81.8 cm³/mol. The Labute approximate surface area is 117 Å². The molecule has 0 amide bonds. The van der Waals surface area contributed by atoms with Crippen molar-refractivity contribution >= 4 is 33.3 Å². The van der Waals surface area contributed by atoms with Crippen LogP contribution in [-0.4, -0.2) is 23.1 Å². The topological polar surface area (TPSA) is 55.0 Å². The van der Waals surface area contributed by atoms with Crippen molar-refractivity contribution in [3.63, 3.8) is 0 Å². The number of piperidine rings is 1. The number of hydrogen-bond donors (Lipinski definition) is 1. The Balaban J connectivity index is 1.96. The first-order chi connectivity index (χ1) is 9.17. The summed E-state index contributed by atoms with van der Waals surface area (Å²) in [7, 11) is 0. The molecule has 0 radical (unpaired) electrons. The van der Waals surface area contributed by atoms with Gasteiger partial charge in [-0.2, -0.15) is 4.98 Å². The maximum atomic E-state index is 5.85. The Kier molecular flexibility index (Phi) is 3.31. The Hall–Kier alpha value is -1.36. The number of nitrogen functional groups attached to an aromatic ring is 1. The van der Waals surface area contributed by atoms with Gasteiger partial charge in [-0.15, -0.1) is 11.3 Å². The lowest BCUT2D eigenvalue weighted by atomic mass is 9.94. The van der Waals surface area contributed by atoms with Gasteiger partial charge in [0.1, 0.15) is 10.6 Å². The molecule has 1 aliphatic heterocycles. The molecule has 0 aliphatic carbocycles. The molecule has 0 atom stereocenters. The Bertz CT molecular complexity index is 584. The molecular weight excluding hydrogens is 256 g/mol. The number of anilines is 2. The van der Waals surface area contributed by atoms with Crippen molar-refractivity contribution in [3.05, 3.63) is 10.9 Å². The Morgan fingerprint density at radius 3 is 2.79 bits per heavy atom. The molecule has 0 spiro atoms. The first kappa shape index (κ1) is 12.7.